The fourth-order valence-corrected chi connectivity index (χ4v) is 1.73. The molecule has 0 fully saturated rings. The second-order valence-corrected chi connectivity index (χ2v) is 3.97. The van der Waals surface area contributed by atoms with Crippen molar-refractivity contribution in [3.8, 4) is 0 Å². The standard InChI is InChI=1S/C13H6ClF3O/c14-12-10(2-1-3-11(12)17)13(18)7-4-8(15)6-9(16)5-7/h1-6H. The molecule has 2 aromatic rings. The van der Waals surface area contributed by atoms with Crippen molar-refractivity contribution >= 4 is 17.4 Å². The summed E-state index contributed by atoms with van der Waals surface area (Å²) < 4.78 is 39.2. The van der Waals surface area contributed by atoms with Crippen LogP contribution in [0.2, 0.25) is 5.02 Å². The van der Waals surface area contributed by atoms with E-state index in [-0.39, 0.29) is 16.1 Å². The molecule has 0 N–H and O–H groups in total. The summed E-state index contributed by atoms with van der Waals surface area (Å²) in [6, 6.07) is 6.05. The van der Waals surface area contributed by atoms with Crippen molar-refractivity contribution in [2.24, 2.45) is 0 Å². The first kappa shape index (κ1) is 12.6. The summed E-state index contributed by atoms with van der Waals surface area (Å²) in [7, 11) is 0. The van der Waals surface area contributed by atoms with Crippen molar-refractivity contribution in [3.63, 3.8) is 0 Å². The maximum Gasteiger partial charge on any atom is 0.194 e. The zero-order valence-electron chi connectivity index (χ0n) is 8.88. The predicted octanol–water partition coefficient (Wildman–Crippen LogP) is 3.99. The van der Waals surface area contributed by atoms with Gasteiger partial charge in [-0.1, -0.05) is 17.7 Å². The summed E-state index contributed by atoms with van der Waals surface area (Å²) in [6.07, 6.45) is 0. The smallest absolute Gasteiger partial charge is 0.194 e. The molecule has 18 heavy (non-hydrogen) atoms. The van der Waals surface area contributed by atoms with Crippen LogP contribution in [0.15, 0.2) is 36.4 Å². The van der Waals surface area contributed by atoms with Crippen LogP contribution in [-0.2, 0) is 0 Å². The van der Waals surface area contributed by atoms with Crippen molar-refractivity contribution in [2.45, 2.75) is 0 Å². The third-order valence-electron chi connectivity index (χ3n) is 2.32. The van der Waals surface area contributed by atoms with Crippen LogP contribution in [0.5, 0.6) is 0 Å². The number of hydrogen-bond donors (Lipinski definition) is 0. The summed E-state index contributed by atoms with van der Waals surface area (Å²) in [6.45, 7) is 0. The van der Waals surface area contributed by atoms with E-state index >= 15 is 0 Å². The van der Waals surface area contributed by atoms with Crippen LogP contribution in [0.3, 0.4) is 0 Å². The largest absolute Gasteiger partial charge is 0.289 e. The molecule has 0 amide bonds. The minimum absolute atomic E-state index is 0.137. The molecule has 0 aliphatic rings. The van der Waals surface area contributed by atoms with E-state index in [0.717, 1.165) is 18.2 Å². The summed E-state index contributed by atoms with van der Waals surface area (Å²) in [5.74, 6) is -3.27. The quantitative estimate of drug-likeness (QED) is 0.754. The van der Waals surface area contributed by atoms with Crippen LogP contribution in [-0.4, -0.2) is 5.78 Å². The topological polar surface area (TPSA) is 17.1 Å². The maximum atomic E-state index is 13.2. The highest BCUT2D eigenvalue weighted by Crippen LogP contribution is 2.23. The molecule has 0 atom stereocenters. The Labute approximate surface area is 106 Å². The zero-order valence-corrected chi connectivity index (χ0v) is 9.64. The lowest BCUT2D eigenvalue weighted by Crippen LogP contribution is -2.04. The molecule has 0 aliphatic carbocycles. The minimum atomic E-state index is -0.883. The maximum absolute atomic E-state index is 13.2. The van der Waals surface area contributed by atoms with Crippen molar-refractivity contribution in [1.29, 1.82) is 0 Å². The molecule has 0 saturated heterocycles. The number of rotatable bonds is 2. The fraction of sp³-hybridized carbons (Fsp3) is 0. The van der Waals surface area contributed by atoms with Crippen LogP contribution >= 0.6 is 11.6 Å². The van der Waals surface area contributed by atoms with Crippen molar-refractivity contribution in [3.05, 3.63) is 70.0 Å². The average molecular weight is 271 g/mol. The van der Waals surface area contributed by atoms with Gasteiger partial charge in [-0.3, -0.25) is 4.79 Å². The van der Waals surface area contributed by atoms with Gasteiger partial charge in [-0.2, -0.15) is 0 Å². The highest BCUT2D eigenvalue weighted by atomic mass is 35.5. The minimum Gasteiger partial charge on any atom is -0.289 e. The summed E-state index contributed by atoms with van der Waals surface area (Å²) in [4.78, 5) is 11.9. The molecular formula is C13H6ClF3O. The molecule has 2 aromatic carbocycles. The van der Waals surface area contributed by atoms with E-state index in [0.29, 0.717) is 6.07 Å². The van der Waals surface area contributed by atoms with Gasteiger partial charge in [0.1, 0.15) is 17.5 Å². The first-order valence-electron chi connectivity index (χ1n) is 4.94. The Bertz CT molecular complexity index is 605. The highest BCUT2D eigenvalue weighted by molar-refractivity contribution is 6.35. The molecule has 0 aromatic heterocycles. The fourth-order valence-electron chi connectivity index (χ4n) is 1.52. The van der Waals surface area contributed by atoms with Gasteiger partial charge in [-0.15, -0.1) is 0 Å². The van der Waals surface area contributed by atoms with E-state index in [1.54, 1.807) is 0 Å². The van der Waals surface area contributed by atoms with E-state index in [1.807, 2.05) is 0 Å². The van der Waals surface area contributed by atoms with E-state index in [1.165, 1.54) is 12.1 Å². The Hall–Kier alpha value is -1.81. The van der Waals surface area contributed by atoms with Crippen molar-refractivity contribution in [1.82, 2.24) is 0 Å². The van der Waals surface area contributed by atoms with E-state index in [2.05, 4.69) is 0 Å². The third kappa shape index (κ3) is 2.38. The zero-order chi connectivity index (χ0) is 13.3. The second kappa shape index (κ2) is 4.82. The number of hydrogen-bond acceptors (Lipinski definition) is 1. The molecule has 0 radical (unpaired) electrons. The van der Waals surface area contributed by atoms with Gasteiger partial charge in [0, 0.05) is 17.2 Å². The Morgan fingerprint density at radius 3 is 2.22 bits per heavy atom. The molecule has 0 unspecified atom stereocenters. The Balaban J connectivity index is 2.51. The molecule has 0 aliphatic heterocycles. The normalized spacial score (nSPS) is 10.4. The van der Waals surface area contributed by atoms with Gasteiger partial charge in [0.2, 0.25) is 0 Å². The molecule has 92 valence electrons. The molecule has 0 spiro atoms. The van der Waals surface area contributed by atoms with Crippen molar-refractivity contribution < 1.29 is 18.0 Å². The van der Waals surface area contributed by atoms with E-state index in [4.69, 9.17) is 11.6 Å². The lowest BCUT2D eigenvalue weighted by Gasteiger charge is -2.04. The van der Waals surface area contributed by atoms with Crippen LogP contribution in [0.4, 0.5) is 13.2 Å². The van der Waals surface area contributed by atoms with Gasteiger partial charge in [0.25, 0.3) is 0 Å². The summed E-state index contributed by atoms with van der Waals surface area (Å²) in [5, 5.41) is -0.368. The highest BCUT2D eigenvalue weighted by Gasteiger charge is 2.16. The lowest BCUT2D eigenvalue weighted by molar-refractivity contribution is 0.103. The number of carbonyl (C=O) groups excluding carboxylic acids is 1. The summed E-state index contributed by atoms with van der Waals surface area (Å²) >= 11 is 5.63. The van der Waals surface area contributed by atoms with Crippen LogP contribution in [0, 0.1) is 17.5 Å². The number of carbonyl (C=O) groups is 1. The number of benzene rings is 2. The van der Waals surface area contributed by atoms with Gasteiger partial charge in [0.05, 0.1) is 5.02 Å². The monoisotopic (exact) mass is 270 g/mol. The lowest BCUT2D eigenvalue weighted by atomic mass is 10.0. The van der Waals surface area contributed by atoms with Gasteiger partial charge in [-0.25, -0.2) is 13.2 Å². The van der Waals surface area contributed by atoms with Gasteiger partial charge >= 0.3 is 0 Å². The Morgan fingerprint density at radius 1 is 1.00 bits per heavy atom. The first-order chi connectivity index (χ1) is 8.49. The van der Waals surface area contributed by atoms with Crippen LogP contribution in [0.25, 0.3) is 0 Å². The van der Waals surface area contributed by atoms with Gasteiger partial charge in [0.15, 0.2) is 5.78 Å². The molecule has 0 heterocycles. The SMILES string of the molecule is O=C(c1cc(F)cc(F)c1)c1cccc(F)c1Cl. The Kier molecular flexibility index (Phi) is 3.39. The van der Waals surface area contributed by atoms with Gasteiger partial charge in [-0.05, 0) is 24.3 Å². The molecular weight excluding hydrogens is 265 g/mol. The molecule has 2 rings (SSSR count). The van der Waals surface area contributed by atoms with E-state index < -0.39 is 23.2 Å². The average Bonchev–Trinajstić information content (AvgIpc) is 2.30. The number of ketones is 1. The second-order valence-electron chi connectivity index (χ2n) is 3.59. The number of halogens is 4. The molecule has 1 nitrogen and oxygen atoms in total. The van der Waals surface area contributed by atoms with Gasteiger partial charge < -0.3 is 0 Å². The molecule has 5 heteroatoms. The Morgan fingerprint density at radius 2 is 1.61 bits per heavy atom. The molecule has 0 saturated carbocycles. The van der Waals surface area contributed by atoms with Crippen molar-refractivity contribution in [2.75, 3.05) is 0 Å². The van der Waals surface area contributed by atoms with E-state index in [9.17, 15) is 18.0 Å². The summed E-state index contributed by atoms with van der Waals surface area (Å²) in [5.41, 5.74) is -0.360. The van der Waals surface area contributed by atoms with Crippen LogP contribution < -0.4 is 0 Å². The first-order valence-corrected chi connectivity index (χ1v) is 5.31. The predicted molar refractivity (Wildman–Crippen MR) is 61.2 cm³/mol. The molecule has 0 bridgehead atoms. The third-order valence-corrected chi connectivity index (χ3v) is 2.71. The van der Waals surface area contributed by atoms with Crippen LogP contribution in [0.1, 0.15) is 15.9 Å².